The zero-order valence-electron chi connectivity index (χ0n) is 15.1. The molecule has 0 spiro atoms. The fourth-order valence-electron chi connectivity index (χ4n) is 2.30. The van der Waals surface area contributed by atoms with Crippen LogP contribution in [0.4, 0.5) is 10.8 Å². The predicted octanol–water partition coefficient (Wildman–Crippen LogP) is 4.01. The Balaban J connectivity index is 1.46. The molecule has 2 aromatic carbocycles. The summed E-state index contributed by atoms with van der Waals surface area (Å²) in [6.45, 7) is 2.57. The van der Waals surface area contributed by atoms with E-state index < -0.39 is 0 Å². The molecule has 6 nitrogen and oxygen atoms in total. The van der Waals surface area contributed by atoms with E-state index in [0.29, 0.717) is 17.4 Å². The molecule has 0 aliphatic carbocycles. The highest BCUT2D eigenvalue weighted by Gasteiger charge is 2.09. The Bertz CT molecular complexity index is 897. The molecule has 0 aliphatic heterocycles. The molecule has 140 valence electrons. The minimum atomic E-state index is -0.0249. The first kappa shape index (κ1) is 19.2. The normalized spacial score (nSPS) is 10.4. The van der Waals surface area contributed by atoms with Gasteiger partial charge in [-0.15, -0.1) is 10.2 Å². The van der Waals surface area contributed by atoms with Gasteiger partial charge in [-0.1, -0.05) is 47.4 Å². The summed E-state index contributed by atoms with van der Waals surface area (Å²) in [6, 6.07) is 15.6. The Morgan fingerprint density at radius 1 is 1.15 bits per heavy atom. The standard InChI is InChI=1S/C19H20N4O2S2/c1-13-5-3-4-6-14(13)11-20-17(24)12-26-19-23-22-18(27-19)21-15-7-9-16(25-2)10-8-15/h3-10H,11-12H2,1-2H3,(H,20,24)(H,21,22). The second-order valence-corrected chi connectivity index (χ2v) is 7.92. The lowest BCUT2D eigenvalue weighted by Crippen LogP contribution is -2.24. The van der Waals surface area contributed by atoms with E-state index in [1.807, 2.05) is 55.5 Å². The summed E-state index contributed by atoms with van der Waals surface area (Å²) in [5, 5.41) is 15.0. The Morgan fingerprint density at radius 2 is 1.93 bits per heavy atom. The molecule has 1 aromatic heterocycles. The third-order valence-electron chi connectivity index (χ3n) is 3.81. The van der Waals surface area contributed by atoms with Gasteiger partial charge in [-0.3, -0.25) is 4.79 Å². The number of ether oxygens (including phenoxy) is 1. The summed E-state index contributed by atoms with van der Waals surface area (Å²) in [6.07, 6.45) is 0. The smallest absolute Gasteiger partial charge is 0.230 e. The molecule has 0 bridgehead atoms. The molecular weight excluding hydrogens is 380 g/mol. The summed E-state index contributed by atoms with van der Waals surface area (Å²) >= 11 is 2.79. The summed E-state index contributed by atoms with van der Waals surface area (Å²) in [4.78, 5) is 12.1. The molecule has 3 aromatic rings. The van der Waals surface area contributed by atoms with Gasteiger partial charge in [0.2, 0.25) is 11.0 Å². The van der Waals surface area contributed by atoms with Crippen molar-refractivity contribution >= 4 is 39.8 Å². The van der Waals surface area contributed by atoms with E-state index in [0.717, 1.165) is 21.3 Å². The van der Waals surface area contributed by atoms with Gasteiger partial charge in [-0.25, -0.2) is 0 Å². The topological polar surface area (TPSA) is 76.1 Å². The number of thioether (sulfide) groups is 1. The number of anilines is 2. The van der Waals surface area contributed by atoms with Gasteiger partial charge in [-0.05, 0) is 42.3 Å². The second-order valence-electron chi connectivity index (χ2n) is 5.72. The molecule has 2 N–H and O–H groups in total. The van der Waals surface area contributed by atoms with Crippen molar-refractivity contribution < 1.29 is 9.53 Å². The maximum Gasteiger partial charge on any atom is 0.230 e. The van der Waals surface area contributed by atoms with Crippen molar-refractivity contribution in [1.82, 2.24) is 15.5 Å². The maximum absolute atomic E-state index is 12.1. The number of aromatic nitrogens is 2. The van der Waals surface area contributed by atoms with E-state index >= 15 is 0 Å². The highest BCUT2D eigenvalue weighted by molar-refractivity contribution is 8.01. The van der Waals surface area contributed by atoms with E-state index in [9.17, 15) is 4.79 Å². The highest BCUT2D eigenvalue weighted by atomic mass is 32.2. The summed E-state index contributed by atoms with van der Waals surface area (Å²) in [7, 11) is 1.63. The number of aryl methyl sites for hydroxylation is 1. The zero-order chi connectivity index (χ0) is 19.1. The summed E-state index contributed by atoms with van der Waals surface area (Å²) in [5.74, 6) is 1.08. The first-order valence-electron chi connectivity index (χ1n) is 8.32. The largest absolute Gasteiger partial charge is 0.497 e. The molecule has 1 heterocycles. The predicted molar refractivity (Wildman–Crippen MR) is 110 cm³/mol. The van der Waals surface area contributed by atoms with E-state index in [2.05, 4.69) is 20.8 Å². The minimum Gasteiger partial charge on any atom is -0.497 e. The van der Waals surface area contributed by atoms with Crippen molar-refractivity contribution in [3.8, 4) is 5.75 Å². The zero-order valence-corrected chi connectivity index (χ0v) is 16.7. The van der Waals surface area contributed by atoms with E-state index in [1.54, 1.807) is 7.11 Å². The Hall–Kier alpha value is -2.58. The second kappa shape index (κ2) is 9.38. The van der Waals surface area contributed by atoms with Crippen LogP contribution < -0.4 is 15.4 Å². The van der Waals surface area contributed by atoms with Crippen molar-refractivity contribution in [3.63, 3.8) is 0 Å². The van der Waals surface area contributed by atoms with Gasteiger partial charge < -0.3 is 15.4 Å². The highest BCUT2D eigenvalue weighted by Crippen LogP contribution is 2.28. The third kappa shape index (κ3) is 5.70. The fourth-order valence-corrected chi connectivity index (χ4v) is 3.90. The van der Waals surface area contributed by atoms with Crippen molar-refractivity contribution in [2.24, 2.45) is 0 Å². The molecule has 0 atom stereocenters. The number of hydrogen-bond acceptors (Lipinski definition) is 7. The lowest BCUT2D eigenvalue weighted by Gasteiger charge is -2.07. The van der Waals surface area contributed by atoms with E-state index in [-0.39, 0.29) is 5.91 Å². The number of hydrogen-bond donors (Lipinski definition) is 2. The average molecular weight is 401 g/mol. The van der Waals surface area contributed by atoms with E-state index in [4.69, 9.17) is 4.74 Å². The quantitative estimate of drug-likeness (QED) is 0.557. The van der Waals surface area contributed by atoms with Crippen molar-refractivity contribution in [2.45, 2.75) is 17.8 Å². The summed E-state index contributed by atoms with van der Waals surface area (Å²) in [5.41, 5.74) is 3.20. The van der Waals surface area contributed by atoms with Gasteiger partial charge in [-0.2, -0.15) is 0 Å². The van der Waals surface area contributed by atoms with Gasteiger partial charge >= 0.3 is 0 Å². The van der Waals surface area contributed by atoms with Gasteiger partial charge in [0, 0.05) is 12.2 Å². The van der Waals surface area contributed by atoms with Crippen LogP contribution in [0.25, 0.3) is 0 Å². The van der Waals surface area contributed by atoms with E-state index in [1.165, 1.54) is 28.7 Å². The molecule has 8 heteroatoms. The molecule has 0 saturated carbocycles. The molecule has 1 amide bonds. The van der Waals surface area contributed by atoms with Gasteiger partial charge in [0.1, 0.15) is 5.75 Å². The monoisotopic (exact) mass is 400 g/mol. The molecule has 0 saturated heterocycles. The average Bonchev–Trinajstić information content (AvgIpc) is 3.13. The molecule has 0 aliphatic rings. The first-order valence-corrected chi connectivity index (χ1v) is 10.1. The Labute approximate surface area is 166 Å². The van der Waals surface area contributed by atoms with Crippen LogP contribution in [0, 0.1) is 6.92 Å². The number of rotatable bonds is 8. The molecule has 0 unspecified atom stereocenters. The van der Waals surface area contributed by atoms with Crippen LogP contribution in [0.5, 0.6) is 5.75 Å². The molecule has 27 heavy (non-hydrogen) atoms. The Kier molecular flexibility index (Phi) is 6.67. The van der Waals surface area contributed by atoms with Crippen LogP contribution in [0.3, 0.4) is 0 Å². The van der Waals surface area contributed by atoms with Crippen molar-refractivity contribution in [1.29, 1.82) is 0 Å². The van der Waals surface area contributed by atoms with Crippen LogP contribution >= 0.6 is 23.1 Å². The van der Waals surface area contributed by atoms with Gasteiger partial charge in [0.05, 0.1) is 12.9 Å². The SMILES string of the molecule is COc1ccc(Nc2nnc(SCC(=O)NCc3ccccc3C)s2)cc1. The molecule has 3 rings (SSSR count). The summed E-state index contributed by atoms with van der Waals surface area (Å²) < 4.78 is 5.89. The molecular formula is C19H20N4O2S2. The maximum atomic E-state index is 12.1. The number of benzene rings is 2. The third-order valence-corrected chi connectivity index (χ3v) is 5.78. The molecule has 0 fully saturated rings. The van der Waals surface area contributed by atoms with Crippen LogP contribution in [0.15, 0.2) is 52.9 Å². The van der Waals surface area contributed by atoms with Gasteiger partial charge in [0.15, 0.2) is 4.34 Å². The van der Waals surface area contributed by atoms with Crippen molar-refractivity contribution in [3.05, 3.63) is 59.7 Å². The lowest BCUT2D eigenvalue weighted by molar-refractivity contribution is -0.118. The number of methoxy groups -OCH3 is 1. The number of carbonyl (C=O) groups is 1. The number of nitrogens with one attached hydrogen (secondary N) is 2. The first-order chi connectivity index (χ1) is 13.1. The van der Waals surface area contributed by atoms with Crippen molar-refractivity contribution in [2.75, 3.05) is 18.2 Å². The van der Waals surface area contributed by atoms with Crippen LogP contribution in [0.1, 0.15) is 11.1 Å². The van der Waals surface area contributed by atoms with Crippen LogP contribution in [-0.2, 0) is 11.3 Å². The Morgan fingerprint density at radius 3 is 2.67 bits per heavy atom. The van der Waals surface area contributed by atoms with Crippen LogP contribution in [-0.4, -0.2) is 29.0 Å². The number of nitrogens with zero attached hydrogens (tertiary/aromatic N) is 2. The number of amides is 1. The van der Waals surface area contributed by atoms with Gasteiger partial charge in [0.25, 0.3) is 0 Å². The number of carbonyl (C=O) groups excluding carboxylic acids is 1. The minimum absolute atomic E-state index is 0.0249. The fraction of sp³-hybridized carbons (Fsp3) is 0.211. The van der Waals surface area contributed by atoms with Crippen LogP contribution in [0.2, 0.25) is 0 Å². The lowest BCUT2D eigenvalue weighted by atomic mass is 10.1. The molecule has 0 radical (unpaired) electrons.